The van der Waals surface area contributed by atoms with E-state index >= 15 is 0 Å². The Balaban J connectivity index is 1.81. The van der Waals surface area contributed by atoms with E-state index in [9.17, 15) is 4.79 Å². The smallest absolute Gasteiger partial charge is 0.258 e. The van der Waals surface area contributed by atoms with E-state index in [2.05, 4.69) is 27.6 Å². The predicted octanol–water partition coefficient (Wildman–Crippen LogP) is 4.96. The quantitative estimate of drug-likeness (QED) is 0.434. The van der Waals surface area contributed by atoms with E-state index < -0.39 is 0 Å². The highest BCUT2D eigenvalue weighted by atomic mass is 35.5. The van der Waals surface area contributed by atoms with Crippen LogP contribution in [0.3, 0.4) is 0 Å². The molecule has 3 rings (SSSR count). The van der Waals surface area contributed by atoms with Gasteiger partial charge in [0.2, 0.25) is 5.96 Å². The van der Waals surface area contributed by atoms with Crippen molar-refractivity contribution >= 4 is 29.2 Å². The molecular weight excluding hydrogens is 398 g/mol. The van der Waals surface area contributed by atoms with Gasteiger partial charge in [-0.1, -0.05) is 42.3 Å². The van der Waals surface area contributed by atoms with Crippen LogP contribution >= 0.6 is 11.6 Å². The number of aromatic nitrogens is 2. The summed E-state index contributed by atoms with van der Waals surface area (Å²) in [5, 5.41) is 11.1. The molecule has 1 heterocycles. The number of aryl methyl sites for hydroxylation is 3. The first kappa shape index (κ1) is 21.6. The van der Waals surface area contributed by atoms with Crippen LogP contribution in [-0.2, 0) is 13.1 Å². The third kappa shape index (κ3) is 5.94. The Morgan fingerprint density at radius 3 is 2.63 bits per heavy atom. The van der Waals surface area contributed by atoms with Crippen LogP contribution in [0, 0.1) is 13.8 Å². The molecule has 1 aromatic heterocycles. The van der Waals surface area contributed by atoms with Gasteiger partial charge in [0.05, 0.1) is 12.2 Å². The van der Waals surface area contributed by atoms with Crippen LogP contribution < -0.4 is 10.6 Å². The van der Waals surface area contributed by atoms with Crippen molar-refractivity contribution in [2.45, 2.75) is 40.3 Å². The third-order valence-corrected chi connectivity index (χ3v) is 4.78. The van der Waals surface area contributed by atoms with Gasteiger partial charge in [-0.2, -0.15) is 5.10 Å². The van der Waals surface area contributed by atoms with Crippen molar-refractivity contribution in [1.29, 1.82) is 0 Å². The minimum absolute atomic E-state index is 0.283. The molecule has 0 aliphatic heterocycles. The van der Waals surface area contributed by atoms with Gasteiger partial charge in [-0.3, -0.25) is 14.8 Å². The van der Waals surface area contributed by atoms with Crippen LogP contribution in [0.25, 0.3) is 0 Å². The average Bonchev–Trinajstić information content (AvgIpc) is 3.07. The maximum Gasteiger partial charge on any atom is 0.258 e. The normalized spacial score (nSPS) is 11.4. The molecule has 156 valence electrons. The van der Waals surface area contributed by atoms with Gasteiger partial charge in [0, 0.05) is 34.6 Å². The molecule has 30 heavy (non-hydrogen) atoms. The van der Waals surface area contributed by atoms with Crippen molar-refractivity contribution in [3.05, 3.63) is 82.1 Å². The molecule has 0 radical (unpaired) electrons. The fourth-order valence-corrected chi connectivity index (χ4v) is 3.11. The SMILES string of the molecule is CCCn1cc(CN=C(NC(=O)c2cccc(Cl)c2)Nc2ccc(C)cc2)c(C)n1. The first-order valence-electron chi connectivity index (χ1n) is 9.92. The Morgan fingerprint density at radius 1 is 1.17 bits per heavy atom. The van der Waals surface area contributed by atoms with Crippen LogP contribution in [0.5, 0.6) is 0 Å². The van der Waals surface area contributed by atoms with E-state index in [0.717, 1.165) is 35.5 Å². The molecule has 6 nitrogen and oxygen atoms in total. The van der Waals surface area contributed by atoms with E-state index in [-0.39, 0.29) is 5.91 Å². The van der Waals surface area contributed by atoms with Gasteiger partial charge in [-0.05, 0) is 50.6 Å². The highest BCUT2D eigenvalue weighted by Crippen LogP contribution is 2.13. The third-order valence-electron chi connectivity index (χ3n) is 4.54. The van der Waals surface area contributed by atoms with E-state index in [0.29, 0.717) is 23.1 Å². The number of benzene rings is 2. The van der Waals surface area contributed by atoms with Crippen molar-refractivity contribution < 1.29 is 4.79 Å². The number of carbonyl (C=O) groups excluding carboxylic acids is 1. The molecule has 0 aliphatic carbocycles. The Labute approximate surface area is 182 Å². The highest BCUT2D eigenvalue weighted by molar-refractivity contribution is 6.31. The Bertz CT molecular complexity index is 1040. The summed E-state index contributed by atoms with van der Waals surface area (Å²) < 4.78 is 1.93. The monoisotopic (exact) mass is 423 g/mol. The van der Waals surface area contributed by atoms with Crippen LogP contribution in [0.4, 0.5) is 5.69 Å². The molecule has 3 aromatic rings. The largest absolute Gasteiger partial charge is 0.326 e. The standard InChI is InChI=1S/C23H26ClN5O/c1-4-12-29-15-19(17(3)28-29)14-25-23(26-21-10-8-16(2)9-11-21)27-22(30)18-6-5-7-20(24)13-18/h5-11,13,15H,4,12,14H2,1-3H3,(H2,25,26,27,30). The lowest BCUT2D eigenvalue weighted by molar-refractivity contribution is 0.0977. The van der Waals surface area contributed by atoms with E-state index in [1.165, 1.54) is 0 Å². The number of hydrogen-bond donors (Lipinski definition) is 2. The minimum Gasteiger partial charge on any atom is -0.326 e. The van der Waals surface area contributed by atoms with Crippen LogP contribution in [0.15, 0.2) is 59.7 Å². The second kappa shape index (κ2) is 10.1. The van der Waals surface area contributed by atoms with Gasteiger partial charge < -0.3 is 5.32 Å². The fraction of sp³-hybridized carbons (Fsp3) is 0.261. The molecule has 0 unspecified atom stereocenters. The summed E-state index contributed by atoms with van der Waals surface area (Å²) >= 11 is 6.02. The number of guanidine groups is 1. The lowest BCUT2D eigenvalue weighted by Gasteiger charge is -2.12. The number of anilines is 1. The summed E-state index contributed by atoms with van der Waals surface area (Å²) in [5.41, 5.74) is 4.41. The molecule has 2 N–H and O–H groups in total. The maximum absolute atomic E-state index is 12.7. The molecule has 7 heteroatoms. The molecule has 0 atom stereocenters. The van der Waals surface area contributed by atoms with Crippen LogP contribution in [0.2, 0.25) is 5.02 Å². The summed E-state index contributed by atoms with van der Waals surface area (Å²) in [4.78, 5) is 17.3. The fourth-order valence-electron chi connectivity index (χ4n) is 2.92. The zero-order valence-electron chi connectivity index (χ0n) is 17.4. The molecule has 0 saturated carbocycles. The van der Waals surface area contributed by atoms with E-state index in [1.54, 1.807) is 24.3 Å². The van der Waals surface area contributed by atoms with Gasteiger partial charge >= 0.3 is 0 Å². The summed E-state index contributed by atoms with van der Waals surface area (Å²) in [6.45, 7) is 7.37. The molecule has 0 spiro atoms. The van der Waals surface area contributed by atoms with Crippen molar-refractivity contribution in [2.75, 3.05) is 5.32 Å². The Kier molecular flexibility index (Phi) is 7.25. The Hall–Kier alpha value is -3.12. The van der Waals surface area contributed by atoms with Crippen molar-refractivity contribution in [3.8, 4) is 0 Å². The van der Waals surface area contributed by atoms with Crippen molar-refractivity contribution in [3.63, 3.8) is 0 Å². The van der Waals surface area contributed by atoms with Gasteiger partial charge in [-0.25, -0.2) is 4.99 Å². The minimum atomic E-state index is -0.283. The molecule has 0 saturated heterocycles. The van der Waals surface area contributed by atoms with Crippen molar-refractivity contribution in [1.82, 2.24) is 15.1 Å². The molecule has 2 aromatic carbocycles. The number of nitrogens with one attached hydrogen (secondary N) is 2. The molecular formula is C23H26ClN5O. The molecule has 0 bridgehead atoms. The lowest BCUT2D eigenvalue weighted by Crippen LogP contribution is -2.36. The number of carbonyl (C=O) groups is 1. The molecule has 0 fully saturated rings. The second-order valence-corrected chi connectivity index (χ2v) is 7.56. The summed E-state index contributed by atoms with van der Waals surface area (Å²) in [6.07, 6.45) is 3.02. The number of amides is 1. The topological polar surface area (TPSA) is 71.3 Å². The second-order valence-electron chi connectivity index (χ2n) is 7.12. The van der Waals surface area contributed by atoms with Crippen molar-refractivity contribution in [2.24, 2.45) is 4.99 Å². The number of hydrogen-bond acceptors (Lipinski definition) is 3. The summed E-state index contributed by atoms with van der Waals surface area (Å²) in [7, 11) is 0. The molecule has 1 amide bonds. The highest BCUT2D eigenvalue weighted by Gasteiger charge is 2.11. The van der Waals surface area contributed by atoms with E-state index in [1.807, 2.05) is 49.0 Å². The Morgan fingerprint density at radius 2 is 1.93 bits per heavy atom. The van der Waals surface area contributed by atoms with Gasteiger partial charge in [0.25, 0.3) is 5.91 Å². The lowest BCUT2D eigenvalue weighted by atomic mass is 10.2. The average molecular weight is 424 g/mol. The maximum atomic E-state index is 12.7. The van der Waals surface area contributed by atoms with E-state index in [4.69, 9.17) is 11.6 Å². The predicted molar refractivity (Wildman–Crippen MR) is 122 cm³/mol. The first-order chi connectivity index (χ1) is 14.4. The van der Waals surface area contributed by atoms with Crippen LogP contribution in [-0.4, -0.2) is 21.6 Å². The molecule has 0 aliphatic rings. The summed E-state index contributed by atoms with van der Waals surface area (Å²) in [5.74, 6) is 0.0840. The van der Waals surface area contributed by atoms with Gasteiger partial charge in [0.15, 0.2) is 0 Å². The van der Waals surface area contributed by atoms with Gasteiger partial charge in [-0.15, -0.1) is 0 Å². The number of rotatable bonds is 6. The zero-order valence-corrected chi connectivity index (χ0v) is 18.2. The number of halogens is 1. The number of nitrogens with zero attached hydrogens (tertiary/aromatic N) is 3. The van der Waals surface area contributed by atoms with Gasteiger partial charge in [0.1, 0.15) is 0 Å². The summed E-state index contributed by atoms with van der Waals surface area (Å²) in [6, 6.07) is 14.7. The number of aliphatic imine (C=N–C) groups is 1. The first-order valence-corrected chi connectivity index (χ1v) is 10.3. The zero-order chi connectivity index (χ0) is 21.5. The van der Waals surface area contributed by atoms with Crippen LogP contribution in [0.1, 0.15) is 40.5 Å².